The van der Waals surface area contributed by atoms with Crippen LogP contribution >= 0.6 is 23.7 Å². The van der Waals surface area contributed by atoms with E-state index in [-0.39, 0.29) is 34.3 Å². The molecule has 1 aliphatic rings. The van der Waals surface area contributed by atoms with Crippen LogP contribution in [0.2, 0.25) is 0 Å². The number of thiophene rings is 1. The molecule has 170 valence electrons. The van der Waals surface area contributed by atoms with Gasteiger partial charge in [0.05, 0.1) is 11.3 Å². The molecule has 4 rings (SSSR count). The van der Waals surface area contributed by atoms with Gasteiger partial charge < -0.3 is 5.32 Å². The number of hydrogen-bond donors (Lipinski definition) is 2. The molecule has 0 spiro atoms. The van der Waals surface area contributed by atoms with Crippen molar-refractivity contribution >= 4 is 45.4 Å². The van der Waals surface area contributed by atoms with Crippen LogP contribution in [0.15, 0.2) is 76.3 Å². The molecule has 32 heavy (non-hydrogen) atoms. The van der Waals surface area contributed by atoms with Gasteiger partial charge >= 0.3 is 0 Å². The molecular formula is C23H26ClN3O3S2. The van der Waals surface area contributed by atoms with Gasteiger partial charge in [-0.05, 0) is 42.0 Å². The Balaban J connectivity index is 0.00000289. The number of anilines is 1. The van der Waals surface area contributed by atoms with Crippen molar-refractivity contribution < 1.29 is 13.2 Å². The summed E-state index contributed by atoms with van der Waals surface area (Å²) in [7, 11) is -3.71. The molecule has 0 atom stereocenters. The minimum atomic E-state index is -3.71. The number of amides is 1. The van der Waals surface area contributed by atoms with E-state index in [0.717, 1.165) is 43.8 Å². The molecule has 1 saturated heterocycles. The van der Waals surface area contributed by atoms with E-state index in [0.29, 0.717) is 5.56 Å². The summed E-state index contributed by atoms with van der Waals surface area (Å²) in [6.07, 6.45) is 1.73. The van der Waals surface area contributed by atoms with E-state index in [1.54, 1.807) is 41.8 Å². The maximum Gasteiger partial charge on any atom is 0.271 e. The number of para-hydroxylation sites is 1. The second-order valence-electron chi connectivity index (χ2n) is 7.59. The summed E-state index contributed by atoms with van der Waals surface area (Å²) in [5.41, 5.74) is 1.90. The Hall–Kier alpha value is -2.39. The average molecular weight is 492 g/mol. The second-order valence-corrected chi connectivity index (χ2v) is 10.4. The molecule has 1 fully saturated rings. The Morgan fingerprint density at radius 1 is 0.969 bits per heavy atom. The molecule has 2 N–H and O–H groups in total. The molecule has 0 saturated carbocycles. The predicted octanol–water partition coefficient (Wildman–Crippen LogP) is 4.37. The number of carbonyl (C=O) groups excluding carboxylic acids is 1. The van der Waals surface area contributed by atoms with Crippen LogP contribution in [-0.2, 0) is 16.6 Å². The molecule has 2 aromatic carbocycles. The van der Waals surface area contributed by atoms with Gasteiger partial charge in [0.25, 0.3) is 15.9 Å². The molecule has 0 radical (unpaired) electrons. The highest BCUT2D eigenvalue weighted by Crippen LogP contribution is 2.23. The minimum absolute atomic E-state index is 0. The molecule has 9 heteroatoms. The maximum absolute atomic E-state index is 12.9. The van der Waals surface area contributed by atoms with Crippen molar-refractivity contribution in [1.29, 1.82) is 0 Å². The van der Waals surface area contributed by atoms with Crippen LogP contribution in [0.1, 0.15) is 28.8 Å². The second kappa shape index (κ2) is 11.0. The van der Waals surface area contributed by atoms with Crippen molar-refractivity contribution in [2.45, 2.75) is 29.6 Å². The van der Waals surface area contributed by atoms with Crippen molar-refractivity contribution in [3.63, 3.8) is 0 Å². The summed E-state index contributed by atoms with van der Waals surface area (Å²) in [5.74, 6) is -0.258. The van der Waals surface area contributed by atoms with Crippen molar-refractivity contribution in [2.24, 2.45) is 0 Å². The molecule has 0 bridgehead atoms. The average Bonchev–Trinajstić information content (AvgIpc) is 3.32. The van der Waals surface area contributed by atoms with Crippen LogP contribution in [0.25, 0.3) is 0 Å². The van der Waals surface area contributed by atoms with Gasteiger partial charge in [-0.15, -0.1) is 23.7 Å². The number of likely N-dealkylation sites (tertiary alicyclic amines) is 1. The number of sulfonamides is 1. The lowest BCUT2D eigenvalue weighted by Gasteiger charge is -2.32. The smallest absolute Gasteiger partial charge is 0.271 e. The van der Waals surface area contributed by atoms with Crippen LogP contribution in [0.4, 0.5) is 5.69 Å². The van der Waals surface area contributed by atoms with E-state index in [1.165, 1.54) is 5.56 Å². The third kappa shape index (κ3) is 6.10. The van der Waals surface area contributed by atoms with Gasteiger partial charge in [-0.3, -0.25) is 14.4 Å². The summed E-state index contributed by atoms with van der Waals surface area (Å²) in [6.45, 7) is 2.73. The van der Waals surface area contributed by atoms with E-state index in [2.05, 4.69) is 27.1 Å². The van der Waals surface area contributed by atoms with Gasteiger partial charge in [-0.25, -0.2) is 8.42 Å². The van der Waals surface area contributed by atoms with Crippen LogP contribution in [0, 0.1) is 0 Å². The van der Waals surface area contributed by atoms with Gasteiger partial charge in [-0.2, -0.15) is 0 Å². The fraction of sp³-hybridized carbons (Fsp3) is 0.261. The lowest BCUT2D eigenvalue weighted by molar-refractivity contribution is 0.0910. The first kappa shape index (κ1) is 24.3. The van der Waals surface area contributed by atoms with Crippen molar-refractivity contribution in [3.8, 4) is 0 Å². The number of halogens is 1. The van der Waals surface area contributed by atoms with Gasteiger partial charge in [0.2, 0.25) is 0 Å². The van der Waals surface area contributed by atoms with Gasteiger partial charge in [0.15, 0.2) is 0 Å². The Morgan fingerprint density at radius 3 is 2.34 bits per heavy atom. The fourth-order valence-electron chi connectivity index (χ4n) is 3.72. The number of carbonyl (C=O) groups is 1. The molecule has 1 amide bonds. The van der Waals surface area contributed by atoms with Crippen LogP contribution in [0.5, 0.6) is 0 Å². The largest absolute Gasteiger partial charge is 0.349 e. The molecule has 6 nitrogen and oxygen atoms in total. The van der Waals surface area contributed by atoms with Gasteiger partial charge in [0.1, 0.15) is 4.21 Å². The van der Waals surface area contributed by atoms with Crippen LogP contribution in [-0.4, -0.2) is 38.4 Å². The molecule has 0 aliphatic carbocycles. The van der Waals surface area contributed by atoms with Crippen molar-refractivity contribution in [2.75, 3.05) is 17.8 Å². The summed E-state index contributed by atoms with van der Waals surface area (Å²) >= 11 is 1.14. The Morgan fingerprint density at radius 2 is 1.66 bits per heavy atom. The third-order valence-corrected chi connectivity index (χ3v) is 8.11. The number of piperidine rings is 1. The lowest BCUT2D eigenvalue weighted by Crippen LogP contribution is -2.44. The SMILES string of the molecule is Cl.O=C(NC1CCN(Cc2ccccc2)CC1)c1ccccc1NS(=O)(=O)c1cccs1. The molecule has 3 aromatic rings. The van der Waals surface area contributed by atoms with E-state index in [4.69, 9.17) is 0 Å². The van der Waals surface area contributed by atoms with E-state index >= 15 is 0 Å². The van der Waals surface area contributed by atoms with Gasteiger partial charge in [0, 0.05) is 25.7 Å². The number of benzene rings is 2. The first-order valence-electron chi connectivity index (χ1n) is 10.2. The Kier molecular flexibility index (Phi) is 8.31. The maximum atomic E-state index is 12.9. The third-order valence-electron chi connectivity index (χ3n) is 5.35. The highest BCUT2D eigenvalue weighted by atomic mass is 35.5. The zero-order valence-electron chi connectivity index (χ0n) is 17.4. The molecule has 0 unspecified atom stereocenters. The molecule has 2 heterocycles. The monoisotopic (exact) mass is 491 g/mol. The Bertz CT molecular complexity index is 1110. The van der Waals surface area contributed by atoms with E-state index < -0.39 is 10.0 Å². The molecular weight excluding hydrogens is 466 g/mol. The van der Waals surface area contributed by atoms with E-state index in [1.807, 2.05) is 18.2 Å². The topological polar surface area (TPSA) is 78.5 Å². The Labute approximate surface area is 199 Å². The summed E-state index contributed by atoms with van der Waals surface area (Å²) in [4.78, 5) is 15.3. The zero-order chi connectivity index (χ0) is 21.7. The lowest BCUT2D eigenvalue weighted by atomic mass is 10.0. The number of nitrogens with one attached hydrogen (secondary N) is 2. The van der Waals surface area contributed by atoms with Crippen LogP contribution in [0.3, 0.4) is 0 Å². The van der Waals surface area contributed by atoms with Crippen LogP contribution < -0.4 is 10.0 Å². The normalized spacial score (nSPS) is 15.0. The number of hydrogen-bond acceptors (Lipinski definition) is 5. The quantitative estimate of drug-likeness (QED) is 0.514. The minimum Gasteiger partial charge on any atom is -0.349 e. The fourth-order valence-corrected chi connectivity index (χ4v) is 5.79. The van der Waals surface area contributed by atoms with Gasteiger partial charge in [-0.1, -0.05) is 48.5 Å². The molecule has 1 aliphatic heterocycles. The predicted molar refractivity (Wildman–Crippen MR) is 131 cm³/mol. The molecule has 1 aromatic heterocycles. The number of rotatable bonds is 7. The number of nitrogens with zero attached hydrogens (tertiary/aromatic N) is 1. The first-order chi connectivity index (χ1) is 15.0. The van der Waals surface area contributed by atoms with Crippen molar-refractivity contribution in [3.05, 3.63) is 83.2 Å². The summed E-state index contributed by atoms with van der Waals surface area (Å²) < 4.78 is 27.9. The zero-order valence-corrected chi connectivity index (χ0v) is 19.9. The van der Waals surface area contributed by atoms with E-state index in [9.17, 15) is 13.2 Å². The highest BCUT2D eigenvalue weighted by molar-refractivity contribution is 7.94. The highest BCUT2D eigenvalue weighted by Gasteiger charge is 2.24. The summed E-state index contributed by atoms with van der Waals surface area (Å²) in [6, 6.07) is 20.4. The standard InChI is InChI=1S/C23H25N3O3S2.ClH/c27-23(24-19-12-14-26(15-13-19)17-18-7-2-1-3-8-18)20-9-4-5-10-21(20)25-31(28,29)22-11-6-16-30-22;/h1-11,16,19,25H,12-15,17H2,(H,24,27);1H. The summed E-state index contributed by atoms with van der Waals surface area (Å²) in [5, 5.41) is 4.79. The first-order valence-corrected chi connectivity index (χ1v) is 12.6. The van der Waals surface area contributed by atoms with Crippen molar-refractivity contribution in [1.82, 2.24) is 10.2 Å².